The van der Waals surface area contributed by atoms with Gasteiger partial charge in [0.15, 0.2) is 6.61 Å². The lowest BCUT2D eigenvalue weighted by molar-refractivity contribution is -0.136. The van der Waals surface area contributed by atoms with Crippen molar-refractivity contribution in [2.45, 2.75) is 6.92 Å². The molecule has 0 N–H and O–H groups in total. The molecule has 2 aromatic rings. The minimum absolute atomic E-state index is 0.259. The highest BCUT2D eigenvalue weighted by Gasteiger charge is 2.11. The largest absolute Gasteiger partial charge is 0.494 e. The maximum absolute atomic E-state index is 12.0. The normalized spacial score (nSPS) is 10.6. The van der Waals surface area contributed by atoms with Crippen molar-refractivity contribution in [3.8, 4) is 5.75 Å². The second-order valence-electron chi connectivity index (χ2n) is 4.85. The topological polar surface area (TPSA) is 52.6 Å². The molecule has 4 nitrogen and oxygen atoms in total. The van der Waals surface area contributed by atoms with Gasteiger partial charge in [-0.25, -0.2) is 4.79 Å². The molecule has 0 bridgehead atoms. The maximum Gasteiger partial charge on any atom is 0.331 e. The molecule has 0 unspecified atom stereocenters. The van der Waals surface area contributed by atoms with Crippen molar-refractivity contribution >= 4 is 33.8 Å². The molecule has 0 saturated heterocycles. The SMILES string of the molecule is CCOc1ccc(/C=C/C(=O)OCC(=O)c2ccccc2Br)cc1. The molecule has 0 fully saturated rings. The van der Waals surface area contributed by atoms with Crippen molar-refractivity contribution in [3.05, 3.63) is 70.2 Å². The van der Waals surface area contributed by atoms with Crippen LogP contribution < -0.4 is 4.74 Å². The summed E-state index contributed by atoms with van der Waals surface area (Å²) in [6.45, 7) is 2.22. The number of rotatable bonds is 7. The van der Waals surface area contributed by atoms with Gasteiger partial charge in [-0.2, -0.15) is 0 Å². The van der Waals surface area contributed by atoms with Crippen LogP contribution >= 0.6 is 15.9 Å². The number of halogens is 1. The standard InChI is InChI=1S/C19H17BrO4/c1-2-23-15-10-7-14(8-11-15)9-12-19(22)24-13-18(21)16-5-3-4-6-17(16)20/h3-12H,2,13H2,1H3/b12-9+. The van der Waals surface area contributed by atoms with Crippen LogP contribution in [0.4, 0.5) is 0 Å². The highest BCUT2D eigenvalue weighted by Crippen LogP contribution is 2.16. The Morgan fingerprint density at radius 2 is 1.79 bits per heavy atom. The van der Waals surface area contributed by atoms with Crippen LogP contribution in [0.2, 0.25) is 0 Å². The van der Waals surface area contributed by atoms with Crippen molar-refractivity contribution in [2.24, 2.45) is 0 Å². The number of hydrogen-bond acceptors (Lipinski definition) is 4. The van der Waals surface area contributed by atoms with E-state index in [1.807, 2.05) is 37.3 Å². The first-order valence-electron chi connectivity index (χ1n) is 7.45. The molecule has 2 aromatic carbocycles. The second kappa shape index (κ2) is 9.03. The smallest absolute Gasteiger partial charge is 0.331 e. The number of esters is 1. The molecule has 0 radical (unpaired) electrons. The fraction of sp³-hybridized carbons (Fsp3) is 0.158. The van der Waals surface area contributed by atoms with E-state index in [2.05, 4.69) is 15.9 Å². The van der Waals surface area contributed by atoms with E-state index in [-0.39, 0.29) is 12.4 Å². The van der Waals surface area contributed by atoms with E-state index in [1.165, 1.54) is 6.08 Å². The summed E-state index contributed by atoms with van der Waals surface area (Å²) in [7, 11) is 0. The van der Waals surface area contributed by atoms with Crippen LogP contribution in [0.1, 0.15) is 22.8 Å². The lowest BCUT2D eigenvalue weighted by Gasteiger charge is -2.04. The van der Waals surface area contributed by atoms with Crippen molar-refractivity contribution in [3.63, 3.8) is 0 Å². The first-order valence-corrected chi connectivity index (χ1v) is 8.25. The Hall–Kier alpha value is -2.40. The van der Waals surface area contributed by atoms with Crippen molar-refractivity contribution in [1.29, 1.82) is 0 Å². The molecule has 0 aliphatic heterocycles. The highest BCUT2D eigenvalue weighted by molar-refractivity contribution is 9.10. The van der Waals surface area contributed by atoms with Gasteiger partial charge in [-0.3, -0.25) is 4.79 Å². The maximum atomic E-state index is 12.0. The van der Waals surface area contributed by atoms with E-state index in [0.717, 1.165) is 11.3 Å². The molecule has 0 amide bonds. The first-order chi connectivity index (χ1) is 11.6. The van der Waals surface area contributed by atoms with Crippen LogP contribution in [0.5, 0.6) is 5.75 Å². The van der Waals surface area contributed by atoms with E-state index < -0.39 is 5.97 Å². The predicted octanol–water partition coefficient (Wildman–Crippen LogP) is 4.29. The number of carbonyl (C=O) groups is 2. The van der Waals surface area contributed by atoms with Crippen molar-refractivity contribution in [1.82, 2.24) is 0 Å². The Bertz CT molecular complexity index is 735. The summed E-state index contributed by atoms with van der Waals surface area (Å²) in [6.07, 6.45) is 2.92. The molecule has 5 heteroatoms. The van der Waals surface area contributed by atoms with Crippen molar-refractivity contribution in [2.75, 3.05) is 13.2 Å². The number of hydrogen-bond donors (Lipinski definition) is 0. The zero-order valence-electron chi connectivity index (χ0n) is 13.2. The summed E-state index contributed by atoms with van der Waals surface area (Å²) >= 11 is 3.30. The second-order valence-corrected chi connectivity index (χ2v) is 5.70. The van der Waals surface area contributed by atoms with E-state index in [9.17, 15) is 9.59 Å². The third-order valence-electron chi connectivity index (χ3n) is 3.12. The quantitative estimate of drug-likeness (QED) is 0.403. The van der Waals surface area contributed by atoms with Gasteiger partial charge >= 0.3 is 5.97 Å². The Kier molecular flexibility index (Phi) is 6.75. The number of Topliss-reactive ketones (excluding diaryl/α,β-unsaturated/α-hetero) is 1. The Morgan fingerprint density at radius 1 is 1.08 bits per heavy atom. The molecular weight excluding hydrogens is 372 g/mol. The van der Waals surface area contributed by atoms with E-state index in [0.29, 0.717) is 16.6 Å². The minimum Gasteiger partial charge on any atom is -0.494 e. The van der Waals surface area contributed by atoms with Crippen LogP contribution in [0, 0.1) is 0 Å². The Labute approximate surface area is 149 Å². The Morgan fingerprint density at radius 3 is 2.46 bits per heavy atom. The number of benzene rings is 2. The lowest BCUT2D eigenvalue weighted by atomic mass is 10.1. The summed E-state index contributed by atoms with van der Waals surface area (Å²) in [4.78, 5) is 23.7. The van der Waals surface area contributed by atoms with Crippen molar-refractivity contribution < 1.29 is 19.1 Å². The zero-order valence-corrected chi connectivity index (χ0v) is 14.8. The fourth-order valence-corrected chi connectivity index (χ4v) is 2.46. The van der Waals surface area contributed by atoms with Gasteiger partial charge in [0.05, 0.1) is 6.61 Å². The summed E-state index contributed by atoms with van der Waals surface area (Å²) in [5, 5.41) is 0. The summed E-state index contributed by atoms with van der Waals surface area (Å²) in [5.41, 5.74) is 1.33. The molecule has 0 heterocycles. The summed E-state index contributed by atoms with van der Waals surface area (Å²) < 4.78 is 11.0. The summed E-state index contributed by atoms with van der Waals surface area (Å²) in [6, 6.07) is 14.3. The van der Waals surface area contributed by atoms with Gasteiger partial charge in [0.1, 0.15) is 5.75 Å². The van der Waals surface area contributed by atoms with Crippen LogP contribution in [0.25, 0.3) is 6.08 Å². The monoisotopic (exact) mass is 388 g/mol. The van der Waals surface area contributed by atoms with E-state index >= 15 is 0 Å². The Balaban J connectivity index is 1.86. The molecule has 0 atom stereocenters. The predicted molar refractivity (Wildman–Crippen MR) is 96.1 cm³/mol. The van der Waals surface area contributed by atoms with E-state index in [4.69, 9.17) is 9.47 Å². The van der Waals surface area contributed by atoms with Crippen LogP contribution in [-0.4, -0.2) is 25.0 Å². The minimum atomic E-state index is -0.565. The van der Waals surface area contributed by atoms with Gasteiger partial charge in [-0.05, 0) is 36.8 Å². The van der Waals surface area contributed by atoms with E-state index in [1.54, 1.807) is 24.3 Å². The van der Waals surface area contributed by atoms with Gasteiger partial charge in [0, 0.05) is 16.1 Å². The highest BCUT2D eigenvalue weighted by atomic mass is 79.9. The first kappa shape index (κ1) is 17.9. The fourth-order valence-electron chi connectivity index (χ4n) is 1.96. The summed E-state index contributed by atoms with van der Waals surface area (Å²) in [5.74, 6) is -0.0501. The van der Waals surface area contributed by atoms with Crippen LogP contribution in [0.3, 0.4) is 0 Å². The van der Waals surface area contributed by atoms with Gasteiger partial charge in [0.25, 0.3) is 0 Å². The number of ketones is 1. The number of carbonyl (C=O) groups excluding carboxylic acids is 2. The van der Waals surface area contributed by atoms with Gasteiger partial charge in [-0.1, -0.05) is 46.3 Å². The molecule has 0 aliphatic rings. The van der Waals surface area contributed by atoms with Crippen LogP contribution in [-0.2, 0) is 9.53 Å². The van der Waals surface area contributed by atoms with Gasteiger partial charge in [-0.15, -0.1) is 0 Å². The molecule has 2 rings (SSSR count). The lowest BCUT2D eigenvalue weighted by Crippen LogP contribution is -2.13. The van der Waals surface area contributed by atoms with Gasteiger partial charge < -0.3 is 9.47 Å². The third-order valence-corrected chi connectivity index (χ3v) is 3.81. The third kappa shape index (κ3) is 5.35. The van der Waals surface area contributed by atoms with Gasteiger partial charge in [0.2, 0.25) is 5.78 Å². The molecule has 0 aliphatic carbocycles. The average molecular weight is 389 g/mol. The molecule has 0 spiro atoms. The molecule has 0 aromatic heterocycles. The average Bonchev–Trinajstić information content (AvgIpc) is 2.60. The zero-order chi connectivity index (χ0) is 17.4. The molecule has 124 valence electrons. The van der Waals surface area contributed by atoms with Crippen LogP contribution in [0.15, 0.2) is 59.1 Å². The molecule has 24 heavy (non-hydrogen) atoms. The molecule has 0 saturated carbocycles. The molecular formula is C19H17BrO4. The number of ether oxygens (including phenoxy) is 2.